The van der Waals surface area contributed by atoms with E-state index >= 15 is 0 Å². The molecule has 3 atom stereocenters. The summed E-state index contributed by atoms with van der Waals surface area (Å²) in [6.45, 7) is 1.37. The van der Waals surface area contributed by atoms with Crippen molar-refractivity contribution in [2.75, 3.05) is 13.1 Å². The highest BCUT2D eigenvalue weighted by atomic mass is 16.3. The van der Waals surface area contributed by atoms with Crippen LogP contribution in [0.2, 0.25) is 0 Å². The number of carbonyl (C=O) groups excluding carboxylic acids is 2. The number of nitrogens with zero attached hydrogens (tertiary/aromatic N) is 1. The van der Waals surface area contributed by atoms with Crippen molar-refractivity contribution in [3.05, 3.63) is 0 Å². The molecule has 2 aliphatic carbocycles. The highest BCUT2D eigenvalue weighted by Crippen LogP contribution is 2.30. The molecule has 0 aromatic heterocycles. The lowest BCUT2D eigenvalue weighted by Gasteiger charge is -2.29. The van der Waals surface area contributed by atoms with Crippen molar-refractivity contribution in [1.29, 1.82) is 0 Å². The van der Waals surface area contributed by atoms with Crippen LogP contribution in [0, 0.1) is 11.8 Å². The molecule has 2 saturated carbocycles. The van der Waals surface area contributed by atoms with E-state index in [4.69, 9.17) is 0 Å². The highest BCUT2D eigenvalue weighted by Gasteiger charge is 2.37. The number of aliphatic hydroxyl groups excluding tert-OH is 1. The zero-order valence-corrected chi connectivity index (χ0v) is 14.0. The third-order valence-corrected chi connectivity index (χ3v) is 5.86. The Labute approximate surface area is 138 Å². The second kappa shape index (κ2) is 7.65. The third kappa shape index (κ3) is 4.06. The first-order chi connectivity index (χ1) is 11.1. The molecule has 3 fully saturated rings. The van der Waals surface area contributed by atoms with Gasteiger partial charge in [0.2, 0.25) is 11.8 Å². The molecule has 0 bridgehead atoms. The molecule has 1 aliphatic heterocycles. The van der Waals surface area contributed by atoms with E-state index in [0.717, 1.165) is 70.8 Å². The molecule has 130 valence electrons. The van der Waals surface area contributed by atoms with Gasteiger partial charge in [-0.25, -0.2) is 0 Å². The molecular formula is C18H30N2O3. The second-order valence-electron chi connectivity index (χ2n) is 7.60. The van der Waals surface area contributed by atoms with Crippen molar-refractivity contribution >= 4 is 11.8 Å². The quantitative estimate of drug-likeness (QED) is 0.830. The molecule has 2 N–H and O–H groups in total. The first kappa shape index (κ1) is 16.7. The smallest absolute Gasteiger partial charge is 0.242 e. The number of carbonyl (C=O) groups is 2. The van der Waals surface area contributed by atoms with Crippen LogP contribution in [0.3, 0.4) is 0 Å². The van der Waals surface area contributed by atoms with Gasteiger partial charge in [0.1, 0.15) is 6.04 Å². The van der Waals surface area contributed by atoms with Crippen LogP contribution in [-0.2, 0) is 9.59 Å². The Kier molecular flexibility index (Phi) is 5.57. The lowest BCUT2D eigenvalue weighted by molar-refractivity contribution is -0.141. The number of hydrogen-bond donors (Lipinski definition) is 2. The summed E-state index contributed by atoms with van der Waals surface area (Å²) in [5.74, 6) is 0.738. The molecule has 5 nitrogen and oxygen atoms in total. The monoisotopic (exact) mass is 322 g/mol. The maximum Gasteiger partial charge on any atom is 0.242 e. The number of likely N-dealkylation sites (tertiary alicyclic amines) is 1. The summed E-state index contributed by atoms with van der Waals surface area (Å²) in [7, 11) is 0. The molecule has 3 rings (SSSR count). The predicted molar refractivity (Wildman–Crippen MR) is 87.7 cm³/mol. The highest BCUT2D eigenvalue weighted by molar-refractivity contribution is 5.89. The molecule has 0 aromatic carbocycles. The first-order valence-electron chi connectivity index (χ1n) is 9.41. The van der Waals surface area contributed by atoms with Crippen LogP contribution in [0.5, 0.6) is 0 Å². The van der Waals surface area contributed by atoms with E-state index in [-0.39, 0.29) is 29.9 Å². The number of hydrogen-bond acceptors (Lipinski definition) is 3. The fourth-order valence-electron chi connectivity index (χ4n) is 4.52. The molecule has 0 aromatic rings. The minimum Gasteiger partial charge on any atom is -0.393 e. The van der Waals surface area contributed by atoms with Crippen LogP contribution in [0.25, 0.3) is 0 Å². The van der Waals surface area contributed by atoms with E-state index in [1.807, 2.05) is 4.90 Å². The Hall–Kier alpha value is -1.10. The molecule has 0 radical (unpaired) electrons. The van der Waals surface area contributed by atoms with Crippen molar-refractivity contribution < 1.29 is 14.7 Å². The molecule has 2 amide bonds. The topological polar surface area (TPSA) is 69.6 Å². The SMILES string of the molecule is O=C(NCC1CCCC(O)C1)C1CCCN1C(=O)C1CCCC1. The van der Waals surface area contributed by atoms with Crippen molar-refractivity contribution in [2.45, 2.75) is 76.4 Å². The predicted octanol–water partition coefficient (Wildman–Crippen LogP) is 1.83. The molecule has 0 spiro atoms. The molecule has 1 saturated heterocycles. The Morgan fingerprint density at radius 1 is 1.00 bits per heavy atom. The largest absolute Gasteiger partial charge is 0.393 e. The summed E-state index contributed by atoms with van der Waals surface area (Å²) < 4.78 is 0. The second-order valence-corrected chi connectivity index (χ2v) is 7.60. The zero-order chi connectivity index (χ0) is 16.2. The standard InChI is InChI=1S/C18H30N2O3/c21-15-8-3-5-13(11-15)12-19-17(22)16-9-4-10-20(16)18(23)14-6-1-2-7-14/h13-16,21H,1-12H2,(H,19,22). The zero-order valence-electron chi connectivity index (χ0n) is 14.0. The fourth-order valence-corrected chi connectivity index (χ4v) is 4.52. The first-order valence-corrected chi connectivity index (χ1v) is 9.41. The molecular weight excluding hydrogens is 292 g/mol. The summed E-state index contributed by atoms with van der Waals surface area (Å²) in [6, 6.07) is -0.267. The minimum absolute atomic E-state index is 0.00825. The lowest BCUT2D eigenvalue weighted by Crippen LogP contribution is -2.48. The van der Waals surface area contributed by atoms with Crippen molar-refractivity contribution in [3.63, 3.8) is 0 Å². The van der Waals surface area contributed by atoms with Gasteiger partial charge < -0.3 is 15.3 Å². The number of amides is 2. The van der Waals surface area contributed by atoms with Gasteiger partial charge in [-0.3, -0.25) is 9.59 Å². The summed E-state index contributed by atoms with van der Waals surface area (Å²) in [5.41, 5.74) is 0. The van der Waals surface area contributed by atoms with E-state index in [0.29, 0.717) is 12.5 Å². The average Bonchev–Trinajstić information content (AvgIpc) is 3.23. The lowest BCUT2D eigenvalue weighted by atomic mass is 9.87. The van der Waals surface area contributed by atoms with Crippen molar-refractivity contribution in [1.82, 2.24) is 10.2 Å². The minimum atomic E-state index is -0.267. The number of rotatable bonds is 4. The summed E-state index contributed by atoms with van der Waals surface area (Å²) in [4.78, 5) is 27.0. The molecule has 3 unspecified atom stereocenters. The summed E-state index contributed by atoms with van der Waals surface area (Å²) >= 11 is 0. The van der Waals surface area contributed by atoms with Crippen LogP contribution in [-0.4, -0.2) is 47.1 Å². The molecule has 1 heterocycles. The Morgan fingerprint density at radius 3 is 2.52 bits per heavy atom. The third-order valence-electron chi connectivity index (χ3n) is 5.86. The van der Waals surface area contributed by atoms with Gasteiger partial charge in [0.15, 0.2) is 0 Å². The Morgan fingerprint density at radius 2 is 1.78 bits per heavy atom. The van der Waals surface area contributed by atoms with E-state index < -0.39 is 0 Å². The van der Waals surface area contributed by atoms with Crippen LogP contribution in [0.4, 0.5) is 0 Å². The average molecular weight is 322 g/mol. The molecule has 5 heteroatoms. The number of nitrogens with one attached hydrogen (secondary N) is 1. The maximum absolute atomic E-state index is 12.6. The van der Waals surface area contributed by atoms with E-state index in [1.54, 1.807) is 0 Å². The molecule has 23 heavy (non-hydrogen) atoms. The van der Waals surface area contributed by atoms with Gasteiger partial charge in [-0.05, 0) is 50.9 Å². The Bertz CT molecular complexity index is 434. The normalized spacial score (nSPS) is 32.2. The molecule has 3 aliphatic rings. The van der Waals surface area contributed by atoms with Gasteiger partial charge in [0.05, 0.1) is 6.10 Å². The van der Waals surface area contributed by atoms with Crippen LogP contribution < -0.4 is 5.32 Å². The summed E-state index contributed by atoms with van der Waals surface area (Å²) in [6.07, 6.45) is 9.56. The van der Waals surface area contributed by atoms with Crippen LogP contribution >= 0.6 is 0 Å². The van der Waals surface area contributed by atoms with Crippen LogP contribution in [0.15, 0.2) is 0 Å². The van der Waals surface area contributed by atoms with Crippen molar-refractivity contribution in [3.8, 4) is 0 Å². The van der Waals surface area contributed by atoms with Gasteiger partial charge in [-0.1, -0.05) is 19.3 Å². The van der Waals surface area contributed by atoms with Crippen molar-refractivity contribution in [2.24, 2.45) is 11.8 Å². The van der Waals surface area contributed by atoms with E-state index in [1.165, 1.54) is 0 Å². The van der Waals surface area contributed by atoms with Gasteiger partial charge in [-0.2, -0.15) is 0 Å². The van der Waals surface area contributed by atoms with Gasteiger partial charge >= 0.3 is 0 Å². The van der Waals surface area contributed by atoms with E-state index in [9.17, 15) is 14.7 Å². The fraction of sp³-hybridized carbons (Fsp3) is 0.889. The van der Waals surface area contributed by atoms with Gasteiger partial charge in [0, 0.05) is 19.0 Å². The summed E-state index contributed by atoms with van der Waals surface area (Å²) in [5, 5.41) is 12.8. The van der Waals surface area contributed by atoms with Crippen LogP contribution in [0.1, 0.15) is 64.2 Å². The van der Waals surface area contributed by atoms with Gasteiger partial charge in [-0.15, -0.1) is 0 Å². The number of aliphatic hydroxyl groups is 1. The Balaban J connectivity index is 1.50. The maximum atomic E-state index is 12.6. The van der Waals surface area contributed by atoms with E-state index in [2.05, 4.69) is 5.32 Å². The van der Waals surface area contributed by atoms with Gasteiger partial charge in [0.25, 0.3) is 0 Å².